The maximum Gasteiger partial charge on any atom is 0.325 e. The van der Waals surface area contributed by atoms with E-state index in [1.54, 1.807) is 0 Å². The van der Waals surface area contributed by atoms with Crippen molar-refractivity contribution in [1.82, 2.24) is 20.9 Å². The van der Waals surface area contributed by atoms with Gasteiger partial charge in [0.25, 0.3) is 11.8 Å². The van der Waals surface area contributed by atoms with E-state index in [-0.39, 0.29) is 45.1 Å². The van der Waals surface area contributed by atoms with Crippen molar-refractivity contribution < 1.29 is 52.8 Å². The summed E-state index contributed by atoms with van der Waals surface area (Å²) in [7, 11) is 0. The molecule has 1 aliphatic heterocycles. The lowest BCUT2D eigenvalue weighted by Crippen LogP contribution is -2.44. The van der Waals surface area contributed by atoms with E-state index >= 15 is 0 Å². The van der Waals surface area contributed by atoms with E-state index in [2.05, 4.69) is 16.0 Å². The molecule has 0 radical (unpaired) electrons. The van der Waals surface area contributed by atoms with Crippen molar-refractivity contribution in [2.45, 2.75) is 25.8 Å². The number of ether oxygens (including phenoxy) is 4. The van der Waals surface area contributed by atoms with Gasteiger partial charge in [0.2, 0.25) is 17.7 Å². The second kappa shape index (κ2) is 19.7. The van der Waals surface area contributed by atoms with Crippen molar-refractivity contribution in [3.8, 4) is 0 Å². The second-order valence-corrected chi connectivity index (χ2v) is 7.87. The van der Waals surface area contributed by atoms with Gasteiger partial charge in [-0.3, -0.25) is 33.7 Å². The van der Waals surface area contributed by atoms with Crippen LogP contribution in [0.25, 0.3) is 0 Å². The van der Waals surface area contributed by atoms with E-state index in [9.17, 15) is 28.8 Å². The van der Waals surface area contributed by atoms with E-state index in [1.165, 1.54) is 19.1 Å². The molecule has 214 valence electrons. The number of imide groups is 1. The average molecular weight is 545 g/mol. The minimum Gasteiger partial charge on any atom is -0.480 e. The van der Waals surface area contributed by atoms with E-state index < -0.39 is 35.6 Å². The minimum absolute atomic E-state index is 0.0275. The summed E-state index contributed by atoms with van der Waals surface area (Å²) in [6.45, 7) is 3.76. The summed E-state index contributed by atoms with van der Waals surface area (Å²) in [4.78, 5) is 69.2. The number of carbonyl (C=O) groups is 6. The topological polar surface area (TPSA) is 199 Å². The lowest BCUT2D eigenvalue weighted by molar-refractivity contribution is -0.141. The first-order chi connectivity index (χ1) is 18.2. The molecular weight excluding hydrogens is 508 g/mol. The first-order valence-electron chi connectivity index (χ1n) is 12.1. The molecule has 1 unspecified atom stereocenters. The van der Waals surface area contributed by atoms with Gasteiger partial charge in [-0.15, -0.1) is 0 Å². The van der Waals surface area contributed by atoms with Crippen molar-refractivity contribution in [1.29, 1.82) is 0 Å². The number of nitrogens with zero attached hydrogens (tertiary/aromatic N) is 1. The van der Waals surface area contributed by atoms with Crippen molar-refractivity contribution in [3.05, 3.63) is 12.2 Å². The first kappa shape index (κ1) is 32.6. The second-order valence-electron chi connectivity index (χ2n) is 7.87. The maximum atomic E-state index is 11.7. The molecule has 0 spiro atoms. The van der Waals surface area contributed by atoms with Gasteiger partial charge >= 0.3 is 5.97 Å². The van der Waals surface area contributed by atoms with E-state index in [1.807, 2.05) is 0 Å². The van der Waals surface area contributed by atoms with E-state index in [4.69, 9.17) is 24.1 Å². The Morgan fingerprint density at radius 3 is 1.82 bits per heavy atom. The van der Waals surface area contributed by atoms with Gasteiger partial charge in [-0.1, -0.05) is 0 Å². The van der Waals surface area contributed by atoms with Crippen molar-refractivity contribution in [3.63, 3.8) is 0 Å². The standard InChI is InChI=1S/C23H36N4O11/c1-17(23(33)34)26-20(30)16-25-19(29)5-8-35-10-12-37-14-15-38-13-11-36-9-6-24-18(28)4-7-27-21(31)2-3-22(27)32/h2-3,17H,4-16H2,1H3,(H,24,28)(H,25,29)(H,26,30)(H,33,34). The quantitative estimate of drug-likeness (QED) is 0.0835. The molecule has 0 saturated carbocycles. The predicted molar refractivity (Wildman–Crippen MR) is 130 cm³/mol. The van der Waals surface area contributed by atoms with Crippen LogP contribution in [0.1, 0.15) is 19.8 Å². The number of amides is 5. The Balaban J connectivity index is 1.81. The fraction of sp³-hybridized carbons (Fsp3) is 0.652. The zero-order chi connectivity index (χ0) is 28.2. The Labute approximate surface area is 220 Å². The summed E-state index contributed by atoms with van der Waals surface area (Å²) in [6, 6.07) is -1.03. The van der Waals surface area contributed by atoms with E-state index in [0.717, 1.165) is 4.90 Å². The number of carboxylic acid groups (broad SMARTS) is 1. The normalized spacial score (nSPS) is 13.4. The third kappa shape index (κ3) is 15.7. The van der Waals surface area contributed by atoms with Crippen LogP contribution in [0, 0.1) is 0 Å². The average Bonchev–Trinajstić information content (AvgIpc) is 3.20. The van der Waals surface area contributed by atoms with Gasteiger partial charge in [0.05, 0.1) is 59.4 Å². The summed E-state index contributed by atoms with van der Waals surface area (Å²) in [5.74, 6) is -3.27. The smallest absolute Gasteiger partial charge is 0.325 e. The molecular formula is C23H36N4O11. The molecule has 0 saturated heterocycles. The molecule has 1 atom stereocenters. The number of nitrogens with one attached hydrogen (secondary N) is 3. The molecule has 1 aliphatic rings. The van der Waals surface area contributed by atoms with Gasteiger partial charge in [-0.2, -0.15) is 0 Å². The molecule has 38 heavy (non-hydrogen) atoms. The van der Waals surface area contributed by atoms with Gasteiger partial charge in [-0.25, -0.2) is 0 Å². The number of hydrogen-bond acceptors (Lipinski definition) is 10. The van der Waals surface area contributed by atoms with Gasteiger partial charge in [0, 0.05) is 38.1 Å². The summed E-state index contributed by atoms with van der Waals surface area (Å²) in [5, 5.41) is 15.9. The Hall–Kier alpha value is -3.40. The molecule has 0 fully saturated rings. The number of hydrogen-bond donors (Lipinski definition) is 4. The van der Waals surface area contributed by atoms with Gasteiger partial charge < -0.3 is 40.0 Å². The highest BCUT2D eigenvalue weighted by Gasteiger charge is 2.23. The maximum absolute atomic E-state index is 11.7. The molecule has 0 aliphatic carbocycles. The molecule has 0 bridgehead atoms. The van der Waals surface area contributed by atoms with E-state index in [0.29, 0.717) is 46.2 Å². The Kier molecular flexibility index (Phi) is 16.9. The van der Waals surface area contributed by atoms with Crippen molar-refractivity contribution >= 4 is 35.5 Å². The van der Waals surface area contributed by atoms with Crippen molar-refractivity contribution in [2.75, 3.05) is 72.5 Å². The molecule has 15 heteroatoms. The van der Waals surface area contributed by atoms with Crippen LogP contribution >= 0.6 is 0 Å². The van der Waals surface area contributed by atoms with Crippen LogP contribution in [0.2, 0.25) is 0 Å². The largest absolute Gasteiger partial charge is 0.480 e. The third-order valence-corrected chi connectivity index (χ3v) is 4.82. The molecule has 0 aromatic carbocycles. The Morgan fingerprint density at radius 2 is 1.26 bits per heavy atom. The lowest BCUT2D eigenvalue weighted by atomic mass is 10.3. The highest BCUT2D eigenvalue weighted by atomic mass is 16.6. The number of aliphatic carboxylic acids is 1. The minimum atomic E-state index is -1.17. The molecule has 1 rings (SSSR count). The molecule has 0 aromatic heterocycles. The Morgan fingerprint density at radius 1 is 0.763 bits per heavy atom. The zero-order valence-corrected chi connectivity index (χ0v) is 21.4. The summed E-state index contributed by atoms with van der Waals surface area (Å²) in [5.41, 5.74) is 0. The third-order valence-electron chi connectivity index (χ3n) is 4.82. The number of carbonyl (C=O) groups excluding carboxylic acids is 5. The number of carboxylic acids is 1. The SMILES string of the molecule is CC(NC(=O)CNC(=O)CCOCCOCCOCCOCCNC(=O)CCN1C(=O)C=CC1=O)C(=O)O. The fourth-order valence-electron chi connectivity index (χ4n) is 2.76. The molecule has 15 nitrogen and oxygen atoms in total. The molecule has 4 N–H and O–H groups in total. The highest BCUT2D eigenvalue weighted by molar-refractivity contribution is 6.13. The van der Waals surface area contributed by atoms with Crippen LogP contribution in [0.3, 0.4) is 0 Å². The molecule has 1 heterocycles. The predicted octanol–water partition coefficient (Wildman–Crippen LogP) is -2.42. The Bertz CT molecular complexity index is 816. The van der Waals surface area contributed by atoms with Crippen LogP contribution in [0.15, 0.2) is 12.2 Å². The van der Waals surface area contributed by atoms with Crippen LogP contribution in [0.4, 0.5) is 0 Å². The zero-order valence-electron chi connectivity index (χ0n) is 21.4. The molecule has 0 aromatic rings. The summed E-state index contributed by atoms with van der Waals surface area (Å²) < 4.78 is 21.3. The van der Waals surface area contributed by atoms with Crippen LogP contribution < -0.4 is 16.0 Å². The van der Waals surface area contributed by atoms with Crippen LogP contribution in [-0.2, 0) is 47.7 Å². The molecule has 5 amide bonds. The van der Waals surface area contributed by atoms with Crippen LogP contribution in [0.5, 0.6) is 0 Å². The van der Waals surface area contributed by atoms with Gasteiger partial charge in [0.1, 0.15) is 6.04 Å². The lowest BCUT2D eigenvalue weighted by Gasteiger charge is -2.13. The monoisotopic (exact) mass is 544 g/mol. The summed E-state index contributed by atoms with van der Waals surface area (Å²) >= 11 is 0. The van der Waals surface area contributed by atoms with Gasteiger partial charge in [-0.05, 0) is 6.92 Å². The number of rotatable bonds is 22. The fourth-order valence-corrected chi connectivity index (χ4v) is 2.76. The van der Waals surface area contributed by atoms with Crippen molar-refractivity contribution in [2.24, 2.45) is 0 Å². The summed E-state index contributed by atoms with van der Waals surface area (Å²) in [6.07, 6.45) is 2.42. The highest BCUT2D eigenvalue weighted by Crippen LogP contribution is 2.03. The van der Waals surface area contributed by atoms with Gasteiger partial charge in [0.15, 0.2) is 0 Å². The van der Waals surface area contributed by atoms with Crippen LogP contribution in [-0.4, -0.2) is 124 Å². The first-order valence-corrected chi connectivity index (χ1v) is 12.1.